The Morgan fingerprint density at radius 3 is 1.39 bits per heavy atom. The molecule has 0 saturated carbocycles. The normalized spacial score (nSPS) is 10.7. The molecule has 3 rings (SSSR count). The van der Waals surface area contributed by atoms with E-state index in [4.69, 9.17) is 9.47 Å². The van der Waals surface area contributed by atoms with E-state index in [1.54, 1.807) is 0 Å². The Morgan fingerprint density at radius 2 is 1.05 bits per heavy atom. The molecule has 1 aromatic heterocycles. The van der Waals surface area contributed by atoms with E-state index < -0.39 is 50.3 Å². The lowest BCUT2D eigenvalue weighted by Gasteiger charge is -2.12. The van der Waals surface area contributed by atoms with E-state index in [1.807, 2.05) is 0 Å². The average molecular weight is 530 g/mol. The Bertz CT molecular complexity index is 1330. The van der Waals surface area contributed by atoms with Gasteiger partial charge in [-0.2, -0.15) is 9.97 Å². The summed E-state index contributed by atoms with van der Waals surface area (Å²) in [7, 11) is 2.15. The molecule has 0 aliphatic rings. The molecule has 0 radical (unpaired) electrons. The van der Waals surface area contributed by atoms with Gasteiger partial charge in [0.25, 0.3) is 0 Å². The molecule has 0 fully saturated rings. The molecule has 0 aliphatic carbocycles. The fourth-order valence-corrected chi connectivity index (χ4v) is 2.89. The van der Waals surface area contributed by atoms with Gasteiger partial charge in [0, 0.05) is 0 Å². The highest BCUT2D eigenvalue weighted by atomic mass is 16.7. The van der Waals surface area contributed by atoms with Crippen LogP contribution < -0.4 is 9.47 Å². The topological polar surface area (TPSA) is 239 Å². The van der Waals surface area contributed by atoms with Crippen LogP contribution in [0.2, 0.25) is 0 Å². The van der Waals surface area contributed by atoms with Crippen molar-refractivity contribution in [3.8, 4) is 23.5 Å². The number of hydrogen-bond acceptors (Lipinski definition) is 15. The monoisotopic (exact) mass is 530 g/mol. The third kappa shape index (κ3) is 4.94. The van der Waals surface area contributed by atoms with Gasteiger partial charge in [0.2, 0.25) is 0 Å². The van der Waals surface area contributed by atoms with E-state index in [1.165, 1.54) is 48.5 Å². The van der Waals surface area contributed by atoms with Crippen molar-refractivity contribution in [2.75, 3.05) is 14.2 Å². The first-order chi connectivity index (χ1) is 18.1. The minimum atomic E-state index is -4.30. The van der Waals surface area contributed by atoms with Gasteiger partial charge in [0.05, 0.1) is 14.2 Å². The summed E-state index contributed by atoms with van der Waals surface area (Å²) in [6.07, 6.45) is 0. The molecule has 0 bridgehead atoms. The quantitative estimate of drug-likeness (QED) is 0.157. The second-order valence-electron chi connectivity index (χ2n) is 6.81. The van der Waals surface area contributed by atoms with Crippen LogP contribution in [0.1, 0.15) is 26.5 Å². The van der Waals surface area contributed by atoms with Crippen molar-refractivity contribution in [2.24, 2.45) is 0 Å². The van der Waals surface area contributed by atoms with Crippen molar-refractivity contribution in [1.82, 2.24) is 15.0 Å². The average Bonchev–Trinajstić information content (AvgIpc) is 2.88. The first-order valence-electron chi connectivity index (χ1n) is 9.96. The van der Waals surface area contributed by atoms with Crippen LogP contribution in [-0.2, 0) is 15.3 Å². The number of rotatable bonds is 10. The summed E-state index contributed by atoms with van der Waals surface area (Å²) in [5, 5.41) is 34.9. The second kappa shape index (κ2) is 10.8. The van der Waals surface area contributed by atoms with Gasteiger partial charge in [-0.3, -0.25) is 30.3 Å². The molecule has 0 N–H and O–H groups in total. The van der Waals surface area contributed by atoms with Crippen LogP contribution in [0.15, 0.2) is 48.5 Å². The Morgan fingerprint density at radius 1 is 0.684 bits per heavy atom. The first-order valence-corrected chi connectivity index (χ1v) is 9.96. The molecule has 0 aliphatic heterocycles. The molecular formula is C20H14N6O12. The third-order valence-corrected chi connectivity index (χ3v) is 4.65. The molecule has 38 heavy (non-hydrogen) atoms. The van der Waals surface area contributed by atoms with Crippen molar-refractivity contribution in [1.29, 1.82) is 0 Å². The highest BCUT2D eigenvalue weighted by molar-refractivity contribution is 5.93. The fourth-order valence-electron chi connectivity index (χ4n) is 2.89. The van der Waals surface area contributed by atoms with Gasteiger partial charge >= 0.3 is 35.6 Å². The Kier molecular flexibility index (Phi) is 7.65. The first kappa shape index (κ1) is 26.8. The smallest absolute Gasteiger partial charge is 0.465 e. The van der Waals surface area contributed by atoms with Crippen LogP contribution in [-0.4, -0.2) is 55.9 Å². The molecule has 1 heterocycles. The maximum atomic E-state index is 12.1. The largest absolute Gasteiger partial charge is 0.763 e. The van der Waals surface area contributed by atoms with Gasteiger partial charge in [-0.1, -0.05) is 24.3 Å². The number of esters is 2. The lowest BCUT2D eigenvalue weighted by molar-refractivity contribution is -0.987. The minimum Gasteiger partial charge on any atom is -0.465 e. The van der Waals surface area contributed by atoms with Crippen molar-refractivity contribution < 1.29 is 43.3 Å². The molecule has 18 heteroatoms. The van der Waals surface area contributed by atoms with Gasteiger partial charge in [-0.05, 0) is 24.3 Å². The summed E-state index contributed by atoms with van der Waals surface area (Å²) in [4.78, 5) is 64.1. The number of carbonyl (C=O) groups is 2. The minimum absolute atomic E-state index is 0.181. The number of para-hydroxylation sites is 2. The Hall–Kier alpha value is -5.81. The molecule has 196 valence electrons. The van der Waals surface area contributed by atoms with Crippen LogP contribution in [0.3, 0.4) is 0 Å². The third-order valence-electron chi connectivity index (χ3n) is 4.65. The van der Waals surface area contributed by atoms with Crippen molar-refractivity contribution in [3.63, 3.8) is 0 Å². The highest BCUT2D eigenvalue weighted by Crippen LogP contribution is 2.31. The summed E-state index contributed by atoms with van der Waals surface area (Å²) in [5.41, 5.74) is -0.362. The maximum absolute atomic E-state index is 12.1. The van der Waals surface area contributed by atoms with Crippen molar-refractivity contribution in [2.45, 2.75) is 5.79 Å². The van der Waals surface area contributed by atoms with Crippen LogP contribution in [0.4, 0.5) is 0 Å². The zero-order valence-electron chi connectivity index (χ0n) is 19.2. The lowest BCUT2D eigenvalue weighted by atomic mass is 10.2. The van der Waals surface area contributed by atoms with Crippen molar-refractivity contribution in [3.05, 3.63) is 95.8 Å². The molecule has 18 nitrogen and oxygen atoms in total. The van der Waals surface area contributed by atoms with Crippen LogP contribution >= 0.6 is 0 Å². The van der Waals surface area contributed by atoms with E-state index in [2.05, 4.69) is 24.4 Å². The second-order valence-corrected chi connectivity index (χ2v) is 6.81. The molecule has 0 amide bonds. The number of aromatic nitrogens is 3. The summed E-state index contributed by atoms with van der Waals surface area (Å²) in [5.74, 6) is -8.24. The highest BCUT2D eigenvalue weighted by Gasteiger charge is 2.76. The summed E-state index contributed by atoms with van der Waals surface area (Å²) >= 11 is 0. The Balaban J connectivity index is 2.25. The number of benzene rings is 2. The number of carbonyl (C=O) groups excluding carboxylic acids is 2. The predicted octanol–water partition coefficient (Wildman–Crippen LogP) is 1.97. The molecular weight excluding hydrogens is 516 g/mol. The van der Waals surface area contributed by atoms with E-state index in [0.717, 1.165) is 14.2 Å². The number of nitro groups is 3. The van der Waals surface area contributed by atoms with Crippen LogP contribution in [0.5, 0.6) is 23.5 Å². The number of hydrogen-bond donors (Lipinski definition) is 0. The number of methoxy groups -OCH3 is 2. The zero-order chi connectivity index (χ0) is 28.0. The lowest BCUT2D eigenvalue weighted by Crippen LogP contribution is -2.51. The van der Waals surface area contributed by atoms with E-state index in [-0.39, 0.29) is 22.6 Å². The standard InChI is InChI=1S/C20H14N6O12/c1-35-15(27)11-7-3-5-9-13(11)37-18-21-17(20(24(29)30,25(31)32)26(33)34)22-19(23-18)38-14-10-6-4-8-12(14)16(28)36-2/h3-10H,1-2H3. The maximum Gasteiger partial charge on any atom is 0.763 e. The summed E-state index contributed by atoms with van der Waals surface area (Å²) in [6, 6.07) is 8.74. The van der Waals surface area contributed by atoms with E-state index in [0.29, 0.717) is 0 Å². The zero-order valence-corrected chi connectivity index (χ0v) is 19.2. The SMILES string of the molecule is COC(=O)c1ccccc1Oc1nc(Oc2ccccc2C(=O)OC)nc(C([N+](=O)[O-])([N+](=O)[O-])[N+](=O)[O-])n1. The Labute approximate surface area is 210 Å². The summed E-state index contributed by atoms with van der Waals surface area (Å²) < 4.78 is 20.0. The van der Waals surface area contributed by atoms with Gasteiger partial charge in [0.15, 0.2) is 14.8 Å². The molecule has 2 aromatic carbocycles. The van der Waals surface area contributed by atoms with Crippen molar-refractivity contribution >= 4 is 11.9 Å². The van der Waals surface area contributed by atoms with Gasteiger partial charge in [-0.15, -0.1) is 4.98 Å². The molecule has 0 atom stereocenters. The van der Waals surface area contributed by atoms with E-state index in [9.17, 15) is 39.9 Å². The van der Waals surface area contributed by atoms with Gasteiger partial charge < -0.3 is 18.9 Å². The van der Waals surface area contributed by atoms with Crippen LogP contribution in [0, 0.1) is 30.3 Å². The molecule has 0 unspecified atom stereocenters. The number of nitrogens with zero attached hydrogens (tertiary/aromatic N) is 6. The number of ether oxygens (including phenoxy) is 4. The van der Waals surface area contributed by atoms with Gasteiger partial charge in [-0.25, -0.2) is 9.59 Å². The predicted molar refractivity (Wildman–Crippen MR) is 118 cm³/mol. The van der Waals surface area contributed by atoms with E-state index >= 15 is 0 Å². The summed E-state index contributed by atoms with van der Waals surface area (Å²) in [6.45, 7) is 0. The van der Waals surface area contributed by atoms with Gasteiger partial charge in [0.1, 0.15) is 22.6 Å². The molecule has 3 aromatic rings. The van der Waals surface area contributed by atoms with Crippen LogP contribution in [0.25, 0.3) is 0 Å². The fraction of sp³-hybridized carbons (Fsp3) is 0.150. The molecule has 0 spiro atoms. The molecule has 0 saturated heterocycles.